The van der Waals surface area contributed by atoms with Crippen LogP contribution in [0.4, 0.5) is 0 Å². The molecule has 0 radical (unpaired) electrons. The second-order valence-corrected chi connectivity index (χ2v) is 5.43. The molecule has 1 heterocycles. The first kappa shape index (κ1) is 12.0. The smallest absolute Gasteiger partial charge is 0.330 e. The van der Waals surface area contributed by atoms with Crippen molar-refractivity contribution in [3.63, 3.8) is 0 Å². The highest BCUT2D eigenvalue weighted by Crippen LogP contribution is 2.44. The highest BCUT2D eigenvalue weighted by Gasteiger charge is 2.48. The Labute approximate surface area is 101 Å². The van der Waals surface area contributed by atoms with Gasteiger partial charge in [-0.2, -0.15) is 10.2 Å². The molecule has 0 saturated heterocycles. The fourth-order valence-electron chi connectivity index (χ4n) is 1.39. The topological polar surface area (TPSA) is 64.1 Å². The highest BCUT2D eigenvalue weighted by molar-refractivity contribution is 5.75. The number of carbonyl (C=O) groups is 1. The van der Waals surface area contributed by atoms with Crippen molar-refractivity contribution in [1.82, 2.24) is 15.7 Å². The average molecular weight is 235 g/mol. The van der Waals surface area contributed by atoms with E-state index in [9.17, 15) is 4.79 Å². The summed E-state index contributed by atoms with van der Waals surface area (Å²) in [5.41, 5.74) is 2.83. The Kier molecular flexibility index (Phi) is 2.87. The van der Waals surface area contributed by atoms with E-state index in [0.717, 1.165) is 18.5 Å². The van der Waals surface area contributed by atoms with E-state index in [-0.39, 0.29) is 11.5 Å². The van der Waals surface area contributed by atoms with Crippen molar-refractivity contribution in [3.05, 3.63) is 24.0 Å². The Morgan fingerprint density at radius 3 is 2.65 bits per heavy atom. The van der Waals surface area contributed by atoms with Crippen LogP contribution >= 0.6 is 0 Å². The molecule has 0 spiro atoms. The predicted octanol–water partition coefficient (Wildman–Crippen LogP) is 1.56. The summed E-state index contributed by atoms with van der Waals surface area (Å²) < 4.78 is 0. The zero-order chi connectivity index (χ0) is 12.5. The molecule has 1 N–H and O–H groups in total. The van der Waals surface area contributed by atoms with E-state index in [0.29, 0.717) is 0 Å². The number of nitrogens with zero attached hydrogens (tertiary/aromatic N) is 2. The number of hydrogen-bond donors (Lipinski definition) is 1. The van der Waals surface area contributed by atoms with Crippen LogP contribution in [-0.2, 0) is 15.2 Å². The summed E-state index contributed by atoms with van der Waals surface area (Å²) in [5.74, 6) is -0.271. The van der Waals surface area contributed by atoms with E-state index in [1.807, 2.05) is 32.9 Å². The fraction of sp³-hybridized carbons (Fsp3) is 0.583. The van der Waals surface area contributed by atoms with Gasteiger partial charge >= 0.3 is 5.97 Å². The van der Waals surface area contributed by atoms with Crippen LogP contribution in [0.15, 0.2) is 18.3 Å². The fourth-order valence-corrected chi connectivity index (χ4v) is 1.39. The third-order valence-electron chi connectivity index (χ3n) is 2.76. The minimum absolute atomic E-state index is 0.271. The first-order chi connectivity index (χ1) is 7.94. The van der Waals surface area contributed by atoms with E-state index in [1.54, 1.807) is 6.20 Å². The molecule has 1 aromatic rings. The van der Waals surface area contributed by atoms with Gasteiger partial charge in [-0.05, 0) is 45.7 Å². The highest BCUT2D eigenvalue weighted by atomic mass is 16.7. The van der Waals surface area contributed by atoms with Gasteiger partial charge in [0, 0.05) is 6.20 Å². The summed E-state index contributed by atoms with van der Waals surface area (Å²) in [7, 11) is 0. The normalized spacial score (nSPS) is 17.6. The van der Waals surface area contributed by atoms with Gasteiger partial charge in [0.2, 0.25) is 0 Å². The van der Waals surface area contributed by atoms with Gasteiger partial charge in [0.15, 0.2) is 0 Å². The second-order valence-electron chi connectivity index (χ2n) is 5.43. The van der Waals surface area contributed by atoms with Crippen molar-refractivity contribution in [3.8, 4) is 0 Å². The lowest BCUT2D eigenvalue weighted by Gasteiger charge is -2.20. The van der Waals surface area contributed by atoms with Gasteiger partial charge in [0.1, 0.15) is 0 Å². The number of hydroxylamine groups is 1. The number of nitrogens with one attached hydrogen (secondary N) is 1. The van der Waals surface area contributed by atoms with Crippen LogP contribution in [0.25, 0.3) is 0 Å². The van der Waals surface area contributed by atoms with Crippen LogP contribution in [0.5, 0.6) is 0 Å². The predicted molar refractivity (Wildman–Crippen MR) is 61.6 cm³/mol. The zero-order valence-corrected chi connectivity index (χ0v) is 10.4. The van der Waals surface area contributed by atoms with E-state index < -0.39 is 5.41 Å². The maximum absolute atomic E-state index is 11.6. The molecule has 17 heavy (non-hydrogen) atoms. The van der Waals surface area contributed by atoms with Gasteiger partial charge in [-0.1, -0.05) is 0 Å². The van der Waals surface area contributed by atoms with Crippen LogP contribution in [0, 0.1) is 5.41 Å². The molecule has 1 fully saturated rings. The number of aromatic nitrogens is 2. The molecule has 0 atom stereocenters. The minimum Gasteiger partial charge on any atom is -0.369 e. The van der Waals surface area contributed by atoms with E-state index in [1.165, 1.54) is 0 Å². The third-order valence-corrected chi connectivity index (χ3v) is 2.76. The van der Waals surface area contributed by atoms with Crippen molar-refractivity contribution in [2.75, 3.05) is 0 Å². The molecule has 1 aliphatic carbocycles. The van der Waals surface area contributed by atoms with Crippen LogP contribution in [0.3, 0.4) is 0 Å². The molecule has 0 bridgehead atoms. The first-order valence-corrected chi connectivity index (χ1v) is 5.71. The van der Waals surface area contributed by atoms with Gasteiger partial charge in [-0.25, -0.2) is 4.79 Å². The molecule has 0 amide bonds. The van der Waals surface area contributed by atoms with Crippen molar-refractivity contribution >= 4 is 5.97 Å². The monoisotopic (exact) mass is 235 g/mol. The molecule has 5 nitrogen and oxygen atoms in total. The van der Waals surface area contributed by atoms with Crippen molar-refractivity contribution in [1.29, 1.82) is 0 Å². The van der Waals surface area contributed by atoms with E-state index in [2.05, 4.69) is 15.7 Å². The van der Waals surface area contributed by atoms with Crippen LogP contribution in [0.1, 0.15) is 39.3 Å². The van der Waals surface area contributed by atoms with Gasteiger partial charge in [0.25, 0.3) is 0 Å². The lowest BCUT2D eigenvalue weighted by Crippen LogP contribution is -2.36. The summed E-state index contributed by atoms with van der Waals surface area (Å²) in [6, 6.07) is 3.72. The maximum atomic E-state index is 11.6. The molecular weight excluding hydrogens is 218 g/mol. The number of carbonyl (C=O) groups excluding carboxylic acids is 1. The number of hydrogen-bond acceptors (Lipinski definition) is 5. The van der Waals surface area contributed by atoms with Gasteiger partial charge in [0.05, 0.1) is 16.6 Å². The van der Waals surface area contributed by atoms with Crippen LogP contribution in [0.2, 0.25) is 0 Å². The summed E-state index contributed by atoms with van der Waals surface area (Å²) in [6.07, 6.45) is 3.44. The van der Waals surface area contributed by atoms with Gasteiger partial charge in [-0.3, -0.25) is 0 Å². The molecule has 0 aromatic carbocycles. The van der Waals surface area contributed by atoms with E-state index >= 15 is 0 Å². The van der Waals surface area contributed by atoms with Gasteiger partial charge < -0.3 is 4.84 Å². The SMILES string of the molecule is CC(C)(C)C(=O)ONC1(c2cccnn2)CC1. The molecule has 92 valence electrons. The third kappa shape index (κ3) is 2.61. The van der Waals surface area contributed by atoms with Crippen molar-refractivity contribution in [2.45, 2.75) is 39.2 Å². The molecule has 1 saturated carbocycles. The summed E-state index contributed by atoms with van der Waals surface area (Å²) in [6.45, 7) is 5.46. The molecule has 0 unspecified atom stereocenters. The zero-order valence-electron chi connectivity index (χ0n) is 10.4. The lowest BCUT2D eigenvalue weighted by atomic mass is 9.98. The molecular formula is C12H17N3O2. The quantitative estimate of drug-likeness (QED) is 0.805. The Morgan fingerprint density at radius 1 is 1.47 bits per heavy atom. The Morgan fingerprint density at radius 2 is 2.18 bits per heavy atom. The maximum Gasteiger partial charge on any atom is 0.330 e. The van der Waals surface area contributed by atoms with Crippen molar-refractivity contribution in [2.24, 2.45) is 5.41 Å². The average Bonchev–Trinajstić information content (AvgIpc) is 3.07. The summed E-state index contributed by atoms with van der Waals surface area (Å²) in [4.78, 5) is 16.8. The summed E-state index contributed by atoms with van der Waals surface area (Å²) >= 11 is 0. The molecule has 0 aliphatic heterocycles. The number of rotatable bonds is 3. The Hall–Kier alpha value is -1.49. The molecule has 2 rings (SSSR count). The largest absolute Gasteiger partial charge is 0.369 e. The molecule has 1 aromatic heterocycles. The molecule has 1 aliphatic rings. The standard InChI is InChI=1S/C12H17N3O2/c1-11(2,3)10(16)17-15-12(6-7-12)9-5-4-8-13-14-9/h4-5,8,15H,6-7H2,1-3H3. The lowest BCUT2D eigenvalue weighted by molar-refractivity contribution is -0.163. The first-order valence-electron chi connectivity index (χ1n) is 5.71. The summed E-state index contributed by atoms with van der Waals surface area (Å²) in [5, 5.41) is 7.89. The molecule has 5 heteroatoms. The van der Waals surface area contributed by atoms with Crippen LogP contribution < -0.4 is 5.48 Å². The van der Waals surface area contributed by atoms with Crippen LogP contribution in [-0.4, -0.2) is 16.2 Å². The van der Waals surface area contributed by atoms with E-state index in [4.69, 9.17) is 4.84 Å². The Bertz CT molecular complexity index is 408. The second kappa shape index (κ2) is 4.07. The Balaban J connectivity index is 1.99. The van der Waals surface area contributed by atoms with Crippen molar-refractivity contribution < 1.29 is 9.63 Å². The van der Waals surface area contributed by atoms with Gasteiger partial charge in [-0.15, -0.1) is 5.48 Å². The minimum atomic E-state index is -0.508.